The van der Waals surface area contributed by atoms with E-state index in [1.54, 1.807) is 4.31 Å². The molecule has 0 radical (unpaired) electrons. The number of hydrogen-bond acceptors (Lipinski definition) is 5. The fraction of sp³-hybridized carbons (Fsp3) is 0.375. The minimum absolute atomic E-state index is 0.127. The molecule has 3 aromatic rings. The molecule has 0 amide bonds. The molecule has 31 heavy (non-hydrogen) atoms. The molecule has 1 saturated heterocycles. The zero-order valence-corrected chi connectivity index (χ0v) is 18.5. The highest BCUT2D eigenvalue weighted by atomic mass is 32.2. The Labute approximate surface area is 183 Å². The number of nitrogens with zero attached hydrogens (tertiary/aromatic N) is 2. The largest absolute Gasteiger partial charge is 0.388 e. The van der Waals surface area contributed by atoms with Gasteiger partial charge in [0.05, 0.1) is 5.25 Å². The van der Waals surface area contributed by atoms with E-state index < -0.39 is 10.0 Å². The van der Waals surface area contributed by atoms with Crippen LogP contribution >= 0.6 is 0 Å². The Morgan fingerprint density at radius 3 is 2.39 bits per heavy atom. The fourth-order valence-electron chi connectivity index (χ4n) is 4.37. The second-order valence-electron chi connectivity index (χ2n) is 8.51. The van der Waals surface area contributed by atoms with Crippen molar-refractivity contribution in [3.63, 3.8) is 0 Å². The van der Waals surface area contributed by atoms with Gasteiger partial charge in [-0.1, -0.05) is 12.1 Å². The van der Waals surface area contributed by atoms with Crippen LogP contribution in [-0.2, 0) is 10.0 Å². The normalized spacial score (nSPS) is 18.2. The second-order valence-corrected chi connectivity index (χ2v) is 10.7. The Balaban J connectivity index is 1.39. The molecule has 2 aliphatic rings. The summed E-state index contributed by atoms with van der Waals surface area (Å²) in [6.07, 6.45) is 6.99. The van der Waals surface area contributed by atoms with Crippen molar-refractivity contribution in [2.75, 3.05) is 30.8 Å². The van der Waals surface area contributed by atoms with Gasteiger partial charge in [0.25, 0.3) is 0 Å². The molecule has 1 aliphatic heterocycles. The molecule has 1 saturated carbocycles. The van der Waals surface area contributed by atoms with Gasteiger partial charge in [-0.25, -0.2) is 12.7 Å². The van der Waals surface area contributed by atoms with Crippen molar-refractivity contribution in [3.8, 4) is 11.1 Å². The van der Waals surface area contributed by atoms with E-state index in [1.807, 2.05) is 25.5 Å². The monoisotopic (exact) mass is 436 g/mol. The molecule has 0 unspecified atom stereocenters. The molecule has 0 atom stereocenters. The Morgan fingerprint density at radius 1 is 0.968 bits per heavy atom. The molecule has 7 heteroatoms. The second kappa shape index (κ2) is 8.13. The molecule has 5 rings (SSSR count). The fourth-order valence-corrected chi connectivity index (χ4v) is 6.24. The van der Waals surface area contributed by atoms with Gasteiger partial charge in [0, 0.05) is 55.3 Å². The van der Waals surface area contributed by atoms with Gasteiger partial charge < -0.3 is 10.6 Å². The topological polar surface area (TPSA) is 74.3 Å². The summed E-state index contributed by atoms with van der Waals surface area (Å²) >= 11 is 0. The molecule has 2 fully saturated rings. The maximum absolute atomic E-state index is 12.5. The summed E-state index contributed by atoms with van der Waals surface area (Å²) in [7, 11) is -1.16. The van der Waals surface area contributed by atoms with Gasteiger partial charge in [0.1, 0.15) is 0 Å². The molecular formula is C24H28N4O2S. The number of aromatic nitrogens is 1. The van der Waals surface area contributed by atoms with E-state index in [4.69, 9.17) is 0 Å². The number of anilines is 2. The van der Waals surface area contributed by atoms with Crippen LogP contribution in [-0.4, -0.2) is 49.1 Å². The molecule has 2 N–H and O–H groups in total. The summed E-state index contributed by atoms with van der Waals surface area (Å²) < 4.78 is 26.8. The summed E-state index contributed by atoms with van der Waals surface area (Å²) in [5.41, 5.74) is 4.45. The van der Waals surface area contributed by atoms with Crippen LogP contribution in [0.2, 0.25) is 0 Å². The summed E-state index contributed by atoms with van der Waals surface area (Å²) in [5, 5.41) is 8.96. The standard InChI is InChI=1S/C24H28N4O2S/c1-25-20-4-2-17(3-5-20)19-14-18-8-11-26-16-23(18)24(15-19)27-21-9-12-28(13-10-21)31(29,30)22-6-7-22/h2-5,8,11,14-16,21-22,25,27H,6-7,9-10,12-13H2,1H3. The SMILES string of the molecule is CNc1ccc(-c2cc(NC3CCN(S(=O)(=O)C4CC4)CC3)c3cnccc3c2)cc1. The van der Waals surface area contributed by atoms with E-state index in [0.29, 0.717) is 13.1 Å². The van der Waals surface area contributed by atoms with Crippen LogP contribution in [0.4, 0.5) is 11.4 Å². The molecule has 2 aromatic carbocycles. The van der Waals surface area contributed by atoms with Gasteiger partial charge in [-0.2, -0.15) is 0 Å². The third kappa shape index (κ3) is 4.12. The van der Waals surface area contributed by atoms with Gasteiger partial charge in [-0.15, -0.1) is 0 Å². The summed E-state index contributed by atoms with van der Waals surface area (Å²) in [5.74, 6) is 0. The summed E-state index contributed by atoms with van der Waals surface area (Å²) in [6.45, 7) is 1.19. The Kier molecular flexibility index (Phi) is 5.32. The first-order chi connectivity index (χ1) is 15.0. The number of rotatable bonds is 6. The Morgan fingerprint density at radius 2 is 1.71 bits per heavy atom. The van der Waals surface area contributed by atoms with E-state index in [1.165, 1.54) is 0 Å². The predicted molar refractivity (Wildman–Crippen MR) is 127 cm³/mol. The number of benzene rings is 2. The number of fused-ring (bicyclic) bond motifs is 1. The zero-order valence-electron chi connectivity index (χ0n) is 17.7. The van der Waals surface area contributed by atoms with Gasteiger partial charge in [-0.3, -0.25) is 4.98 Å². The van der Waals surface area contributed by atoms with Gasteiger partial charge in [-0.05, 0) is 72.5 Å². The Hall–Kier alpha value is -2.64. The van der Waals surface area contributed by atoms with Crippen molar-refractivity contribution >= 4 is 32.2 Å². The lowest BCUT2D eigenvalue weighted by Gasteiger charge is -2.32. The molecule has 6 nitrogen and oxygen atoms in total. The third-order valence-corrected chi connectivity index (χ3v) is 8.78. The number of piperidine rings is 1. The maximum Gasteiger partial charge on any atom is 0.216 e. The van der Waals surface area contributed by atoms with E-state index >= 15 is 0 Å². The molecule has 1 aliphatic carbocycles. The van der Waals surface area contributed by atoms with E-state index in [2.05, 4.69) is 52.0 Å². The highest BCUT2D eigenvalue weighted by Gasteiger charge is 2.41. The summed E-state index contributed by atoms with van der Waals surface area (Å²) in [4.78, 5) is 4.33. The zero-order chi connectivity index (χ0) is 21.4. The maximum atomic E-state index is 12.5. The summed E-state index contributed by atoms with van der Waals surface area (Å²) in [6, 6.07) is 15.1. The molecular weight excluding hydrogens is 408 g/mol. The van der Waals surface area contributed by atoms with Crippen molar-refractivity contribution in [2.24, 2.45) is 0 Å². The highest BCUT2D eigenvalue weighted by Crippen LogP contribution is 2.34. The van der Waals surface area contributed by atoms with Crippen molar-refractivity contribution < 1.29 is 8.42 Å². The van der Waals surface area contributed by atoms with Crippen LogP contribution in [0.1, 0.15) is 25.7 Å². The lowest BCUT2D eigenvalue weighted by molar-refractivity contribution is 0.329. The molecule has 0 bridgehead atoms. The van der Waals surface area contributed by atoms with Crippen LogP contribution in [0.25, 0.3) is 21.9 Å². The minimum Gasteiger partial charge on any atom is -0.388 e. The van der Waals surface area contributed by atoms with Gasteiger partial charge in [0.2, 0.25) is 10.0 Å². The lowest BCUT2D eigenvalue weighted by atomic mass is 9.99. The first-order valence-corrected chi connectivity index (χ1v) is 12.5. The van der Waals surface area contributed by atoms with Crippen LogP contribution in [0.5, 0.6) is 0 Å². The lowest BCUT2D eigenvalue weighted by Crippen LogP contribution is -2.43. The van der Waals surface area contributed by atoms with Crippen LogP contribution < -0.4 is 10.6 Å². The van der Waals surface area contributed by atoms with Gasteiger partial charge in [0.15, 0.2) is 0 Å². The van der Waals surface area contributed by atoms with Crippen molar-refractivity contribution in [1.29, 1.82) is 0 Å². The number of sulfonamides is 1. The van der Waals surface area contributed by atoms with E-state index in [9.17, 15) is 8.42 Å². The molecule has 1 aromatic heterocycles. The average Bonchev–Trinajstić information content (AvgIpc) is 3.66. The number of hydrogen-bond donors (Lipinski definition) is 2. The molecule has 0 spiro atoms. The van der Waals surface area contributed by atoms with Crippen LogP contribution in [0.3, 0.4) is 0 Å². The third-order valence-electron chi connectivity index (χ3n) is 6.38. The number of pyridine rings is 1. The Bertz CT molecular complexity index is 1180. The van der Waals surface area contributed by atoms with Gasteiger partial charge >= 0.3 is 0 Å². The van der Waals surface area contributed by atoms with Crippen molar-refractivity contribution in [3.05, 3.63) is 54.9 Å². The van der Waals surface area contributed by atoms with Crippen molar-refractivity contribution in [1.82, 2.24) is 9.29 Å². The van der Waals surface area contributed by atoms with E-state index in [-0.39, 0.29) is 11.3 Å². The average molecular weight is 437 g/mol. The highest BCUT2D eigenvalue weighted by molar-refractivity contribution is 7.90. The minimum atomic E-state index is -3.08. The smallest absolute Gasteiger partial charge is 0.216 e. The predicted octanol–water partition coefficient (Wildman–Crippen LogP) is 4.31. The first-order valence-electron chi connectivity index (χ1n) is 11.0. The number of nitrogens with one attached hydrogen (secondary N) is 2. The first kappa shape index (κ1) is 20.3. The van der Waals surface area contributed by atoms with E-state index in [0.717, 1.165) is 59.0 Å². The van der Waals surface area contributed by atoms with Crippen molar-refractivity contribution in [2.45, 2.75) is 37.0 Å². The van der Waals surface area contributed by atoms with Crippen LogP contribution in [0.15, 0.2) is 54.9 Å². The molecule has 162 valence electrons. The molecule has 2 heterocycles. The quantitative estimate of drug-likeness (QED) is 0.602. The van der Waals surface area contributed by atoms with Crippen LogP contribution in [0, 0.1) is 0 Å².